The minimum atomic E-state index is 0.377. The van der Waals surface area contributed by atoms with Gasteiger partial charge in [-0.3, -0.25) is 0 Å². The Balaban J connectivity index is 1.87. The molecule has 1 aliphatic carbocycles. The van der Waals surface area contributed by atoms with Gasteiger partial charge < -0.3 is 5.32 Å². The number of hydrogen-bond donors (Lipinski definition) is 1. The molecule has 3 nitrogen and oxygen atoms in total. The van der Waals surface area contributed by atoms with E-state index in [0.717, 1.165) is 23.1 Å². The third kappa shape index (κ3) is 2.39. The monoisotopic (exact) mass is 293 g/mol. The summed E-state index contributed by atoms with van der Waals surface area (Å²) >= 11 is 8.03. The molecule has 0 saturated heterocycles. The first-order valence-electron chi connectivity index (χ1n) is 6.44. The minimum Gasteiger partial charge on any atom is -0.367 e. The van der Waals surface area contributed by atoms with Crippen LogP contribution in [0.2, 0.25) is 5.15 Å². The van der Waals surface area contributed by atoms with E-state index in [2.05, 4.69) is 21.8 Å². The van der Waals surface area contributed by atoms with Crippen molar-refractivity contribution < 1.29 is 0 Å². The summed E-state index contributed by atoms with van der Waals surface area (Å²) in [6.07, 6.45) is 6.07. The van der Waals surface area contributed by atoms with Crippen LogP contribution in [0.15, 0.2) is 24.3 Å². The Kier molecular flexibility index (Phi) is 3.54. The molecule has 0 atom stereocenters. The molecule has 0 unspecified atom stereocenters. The second-order valence-corrected chi connectivity index (χ2v) is 6.61. The van der Waals surface area contributed by atoms with Crippen LogP contribution in [-0.2, 0) is 0 Å². The summed E-state index contributed by atoms with van der Waals surface area (Å²) in [5.41, 5.74) is 0. The normalized spacial score (nSPS) is 17.2. The van der Waals surface area contributed by atoms with Gasteiger partial charge >= 0.3 is 0 Å². The van der Waals surface area contributed by atoms with Crippen molar-refractivity contribution in [1.29, 1.82) is 0 Å². The van der Waals surface area contributed by atoms with Gasteiger partial charge in [-0.2, -0.15) is 11.8 Å². The quantitative estimate of drug-likeness (QED) is 0.925. The Bertz CT molecular complexity index is 593. The molecule has 3 rings (SSSR count). The Morgan fingerprint density at radius 1 is 1.26 bits per heavy atom. The van der Waals surface area contributed by atoms with E-state index in [-0.39, 0.29) is 0 Å². The lowest BCUT2D eigenvalue weighted by Gasteiger charge is -2.40. The standard InChI is InChI=1S/C14H16ClN3S/c1-19-14(7-4-8-14)9-16-13-11-6-3-2-5-10(11)12(15)17-18-13/h2-3,5-6H,4,7-9H2,1H3,(H,16,18). The number of nitrogens with zero attached hydrogens (tertiary/aromatic N) is 2. The van der Waals surface area contributed by atoms with Gasteiger partial charge in [0, 0.05) is 22.1 Å². The van der Waals surface area contributed by atoms with Crippen LogP contribution in [-0.4, -0.2) is 27.7 Å². The highest BCUT2D eigenvalue weighted by atomic mass is 35.5. The zero-order valence-corrected chi connectivity index (χ0v) is 12.4. The third-order valence-electron chi connectivity index (χ3n) is 3.92. The van der Waals surface area contributed by atoms with Crippen LogP contribution in [0.4, 0.5) is 5.82 Å². The molecule has 0 aliphatic heterocycles. The molecular formula is C14H16ClN3S. The maximum absolute atomic E-state index is 6.08. The second kappa shape index (κ2) is 5.17. The summed E-state index contributed by atoms with van der Waals surface area (Å²) in [6, 6.07) is 7.98. The SMILES string of the molecule is CSC1(CNc2nnc(Cl)c3ccccc23)CCC1. The van der Waals surface area contributed by atoms with Crippen molar-refractivity contribution >= 4 is 40.0 Å². The Morgan fingerprint density at radius 2 is 2.00 bits per heavy atom. The molecule has 2 aromatic rings. The maximum Gasteiger partial charge on any atom is 0.159 e. The molecular weight excluding hydrogens is 278 g/mol. The molecule has 19 heavy (non-hydrogen) atoms. The Hall–Kier alpha value is -1.00. The third-order valence-corrected chi connectivity index (χ3v) is 5.62. The van der Waals surface area contributed by atoms with Crippen LogP contribution in [0.25, 0.3) is 10.8 Å². The van der Waals surface area contributed by atoms with E-state index in [0.29, 0.717) is 9.90 Å². The number of benzene rings is 1. The Labute approximate surface area is 122 Å². The largest absolute Gasteiger partial charge is 0.367 e. The van der Waals surface area contributed by atoms with Gasteiger partial charge in [0.15, 0.2) is 11.0 Å². The predicted molar refractivity (Wildman–Crippen MR) is 83.1 cm³/mol. The minimum absolute atomic E-state index is 0.377. The van der Waals surface area contributed by atoms with Crippen molar-refractivity contribution in [2.75, 3.05) is 18.1 Å². The molecule has 1 N–H and O–H groups in total. The fourth-order valence-corrected chi connectivity index (χ4v) is 3.59. The van der Waals surface area contributed by atoms with Gasteiger partial charge in [0.2, 0.25) is 0 Å². The van der Waals surface area contributed by atoms with Crippen LogP contribution in [0.3, 0.4) is 0 Å². The van der Waals surface area contributed by atoms with Gasteiger partial charge in [0.1, 0.15) is 0 Å². The zero-order chi connectivity index (χ0) is 13.3. The number of fused-ring (bicyclic) bond motifs is 1. The number of anilines is 1. The zero-order valence-electron chi connectivity index (χ0n) is 10.8. The van der Waals surface area contributed by atoms with Crippen molar-refractivity contribution in [3.8, 4) is 0 Å². The van der Waals surface area contributed by atoms with Crippen molar-refractivity contribution in [3.05, 3.63) is 29.4 Å². The van der Waals surface area contributed by atoms with Crippen LogP contribution >= 0.6 is 23.4 Å². The molecule has 1 saturated carbocycles. The van der Waals surface area contributed by atoms with E-state index < -0.39 is 0 Å². The number of halogens is 1. The summed E-state index contributed by atoms with van der Waals surface area (Å²) in [7, 11) is 0. The highest BCUT2D eigenvalue weighted by Crippen LogP contribution is 2.42. The van der Waals surface area contributed by atoms with E-state index >= 15 is 0 Å². The van der Waals surface area contributed by atoms with Crippen molar-refractivity contribution in [2.24, 2.45) is 0 Å². The van der Waals surface area contributed by atoms with Gasteiger partial charge in [0.05, 0.1) is 0 Å². The summed E-state index contributed by atoms with van der Waals surface area (Å²) in [4.78, 5) is 0. The average molecular weight is 294 g/mol. The molecule has 100 valence electrons. The van der Waals surface area contributed by atoms with Crippen molar-refractivity contribution in [3.63, 3.8) is 0 Å². The van der Waals surface area contributed by atoms with Crippen LogP contribution in [0.5, 0.6) is 0 Å². The number of hydrogen-bond acceptors (Lipinski definition) is 4. The fraction of sp³-hybridized carbons (Fsp3) is 0.429. The highest BCUT2D eigenvalue weighted by Gasteiger charge is 2.36. The van der Waals surface area contributed by atoms with Gasteiger partial charge in [-0.25, -0.2) is 0 Å². The molecule has 5 heteroatoms. The summed E-state index contributed by atoms with van der Waals surface area (Å²) < 4.78 is 0.377. The van der Waals surface area contributed by atoms with Crippen molar-refractivity contribution in [2.45, 2.75) is 24.0 Å². The summed E-state index contributed by atoms with van der Waals surface area (Å²) in [5, 5.41) is 14.1. The fourth-order valence-electron chi connectivity index (χ4n) is 2.47. The smallest absolute Gasteiger partial charge is 0.159 e. The lowest BCUT2D eigenvalue weighted by molar-refractivity contribution is 0.379. The van der Waals surface area contributed by atoms with E-state index in [9.17, 15) is 0 Å². The molecule has 0 bridgehead atoms. The highest BCUT2D eigenvalue weighted by molar-refractivity contribution is 8.00. The van der Waals surface area contributed by atoms with Gasteiger partial charge in [-0.05, 0) is 19.1 Å². The second-order valence-electron chi connectivity index (χ2n) is 4.98. The number of aromatic nitrogens is 2. The molecule has 1 aromatic heterocycles. The molecule has 1 fully saturated rings. The molecule has 0 amide bonds. The molecule has 1 aromatic carbocycles. The topological polar surface area (TPSA) is 37.8 Å². The van der Waals surface area contributed by atoms with Crippen LogP contribution < -0.4 is 5.32 Å². The molecule has 0 spiro atoms. The Morgan fingerprint density at radius 3 is 2.63 bits per heavy atom. The summed E-state index contributed by atoms with van der Waals surface area (Å²) in [6.45, 7) is 0.939. The molecule has 0 radical (unpaired) electrons. The lowest BCUT2D eigenvalue weighted by Crippen LogP contribution is -2.40. The number of rotatable bonds is 4. The first-order chi connectivity index (χ1) is 9.24. The van der Waals surface area contributed by atoms with Crippen molar-refractivity contribution in [1.82, 2.24) is 10.2 Å². The van der Waals surface area contributed by atoms with Crippen LogP contribution in [0, 0.1) is 0 Å². The van der Waals surface area contributed by atoms with E-state index in [4.69, 9.17) is 11.6 Å². The number of nitrogens with one attached hydrogen (secondary N) is 1. The molecule has 1 aliphatic rings. The molecule has 1 heterocycles. The van der Waals surface area contributed by atoms with Gasteiger partial charge in [-0.15, -0.1) is 10.2 Å². The number of thioether (sulfide) groups is 1. The predicted octanol–water partition coefficient (Wildman–Crippen LogP) is 3.98. The van der Waals surface area contributed by atoms with E-state index in [1.807, 2.05) is 36.0 Å². The van der Waals surface area contributed by atoms with E-state index in [1.54, 1.807) is 0 Å². The lowest BCUT2D eigenvalue weighted by atomic mass is 9.84. The summed E-state index contributed by atoms with van der Waals surface area (Å²) in [5.74, 6) is 0.834. The maximum atomic E-state index is 6.08. The van der Waals surface area contributed by atoms with Crippen LogP contribution in [0.1, 0.15) is 19.3 Å². The average Bonchev–Trinajstić information content (AvgIpc) is 2.41. The van der Waals surface area contributed by atoms with Gasteiger partial charge in [0.25, 0.3) is 0 Å². The van der Waals surface area contributed by atoms with Gasteiger partial charge in [-0.1, -0.05) is 42.3 Å². The first-order valence-corrected chi connectivity index (χ1v) is 8.04. The first kappa shape index (κ1) is 13.0. The van der Waals surface area contributed by atoms with E-state index in [1.165, 1.54) is 19.3 Å².